The summed E-state index contributed by atoms with van der Waals surface area (Å²) in [6.45, 7) is -0.0659. The number of carbonyl (C=O) groups is 1. The second-order valence-electron chi connectivity index (χ2n) is 5.00. The quantitative estimate of drug-likeness (QED) is 0.743. The fourth-order valence-corrected chi connectivity index (χ4v) is 3.51. The molecule has 134 valence electrons. The molecule has 0 bridgehead atoms. The number of amides is 1. The molecule has 0 aliphatic carbocycles. The molecule has 2 aromatic rings. The van der Waals surface area contributed by atoms with Crippen molar-refractivity contribution >= 4 is 44.8 Å². The maximum absolute atomic E-state index is 12.1. The van der Waals surface area contributed by atoms with Gasteiger partial charge in [0.15, 0.2) is 0 Å². The number of sulfonamides is 1. The van der Waals surface area contributed by atoms with E-state index in [4.69, 9.17) is 27.9 Å². The monoisotopic (exact) mass is 402 g/mol. The van der Waals surface area contributed by atoms with Gasteiger partial charge in [0.25, 0.3) is 0 Å². The lowest BCUT2D eigenvalue weighted by atomic mass is 10.2. The minimum atomic E-state index is -3.73. The van der Waals surface area contributed by atoms with Crippen molar-refractivity contribution in [2.24, 2.45) is 0 Å². The van der Waals surface area contributed by atoms with Crippen LogP contribution in [0.3, 0.4) is 0 Å². The molecule has 0 fully saturated rings. The first-order valence-electron chi connectivity index (χ1n) is 7.20. The highest BCUT2D eigenvalue weighted by atomic mass is 35.5. The Hall–Kier alpha value is -1.80. The third kappa shape index (κ3) is 5.61. The Kier molecular flexibility index (Phi) is 6.66. The van der Waals surface area contributed by atoms with Crippen molar-refractivity contribution in [3.63, 3.8) is 0 Å². The predicted molar refractivity (Wildman–Crippen MR) is 97.9 cm³/mol. The number of nitrogens with one attached hydrogen (secondary N) is 2. The fourth-order valence-electron chi connectivity index (χ4n) is 2.01. The molecule has 9 heteroatoms. The Morgan fingerprint density at radius 2 is 1.84 bits per heavy atom. The summed E-state index contributed by atoms with van der Waals surface area (Å²) in [6, 6.07) is 10.7. The number of benzene rings is 2. The second kappa shape index (κ2) is 8.53. The largest absolute Gasteiger partial charge is 0.495 e. The van der Waals surface area contributed by atoms with E-state index in [0.717, 1.165) is 0 Å². The van der Waals surface area contributed by atoms with Crippen LogP contribution in [0.15, 0.2) is 47.4 Å². The zero-order valence-corrected chi connectivity index (χ0v) is 15.6. The Morgan fingerprint density at radius 1 is 1.12 bits per heavy atom. The second-order valence-corrected chi connectivity index (χ2v) is 7.64. The van der Waals surface area contributed by atoms with E-state index in [2.05, 4.69) is 10.0 Å². The van der Waals surface area contributed by atoms with Gasteiger partial charge in [0.05, 0.1) is 17.7 Å². The predicted octanol–water partition coefficient (Wildman–Crippen LogP) is 3.31. The molecule has 0 radical (unpaired) electrons. The summed E-state index contributed by atoms with van der Waals surface area (Å²) in [4.78, 5) is 12.0. The molecular formula is C16H16Cl2N2O4S. The molecule has 0 heterocycles. The Morgan fingerprint density at radius 3 is 2.52 bits per heavy atom. The topological polar surface area (TPSA) is 84.5 Å². The van der Waals surface area contributed by atoms with E-state index < -0.39 is 10.0 Å². The normalized spacial score (nSPS) is 11.2. The summed E-state index contributed by atoms with van der Waals surface area (Å²) in [7, 11) is -2.26. The van der Waals surface area contributed by atoms with Crippen LogP contribution in [0.5, 0.6) is 5.75 Å². The van der Waals surface area contributed by atoms with E-state index in [9.17, 15) is 13.2 Å². The highest BCUT2D eigenvalue weighted by Crippen LogP contribution is 2.27. The molecule has 25 heavy (non-hydrogen) atoms. The summed E-state index contributed by atoms with van der Waals surface area (Å²) in [5, 5.41) is 3.39. The average molecular weight is 403 g/mol. The molecule has 0 aliphatic heterocycles. The number of rotatable bonds is 7. The summed E-state index contributed by atoms with van der Waals surface area (Å²) in [6.07, 6.45) is -0.0601. The van der Waals surface area contributed by atoms with E-state index in [1.807, 2.05) is 0 Å². The number of anilines is 1. The molecule has 0 aromatic heterocycles. The van der Waals surface area contributed by atoms with Crippen molar-refractivity contribution in [3.8, 4) is 5.75 Å². The molecule has 2 N–H and O–H groups in total. The molecule has 6 nitrogen and oxygen atoms in total. The van der Waals surface area contributed by atoms with Crippen LogP contribution in [0.2, 0.25) is 10.0 Å². The van der Waals surface area contributed by atoms with Gasteiger partial charge in [-0.3, -0.25) is 4.79 Å². The SMILES string of the molecule is COc1ccc(Cl)cc1NC(=O)CCNS(=O)(=O)c1cccc(Cl)c1. The van der Waals surface area contributed by atoms with E-state index in [1.165, 1.54) is 25.3 Å². The minimum Gasteiger partial charge on any atom is -0.495 e. The van der Waals surface area contributed by atoms with Crippen LogP contribution in [0, 0.1) is 0 Å². The van der Waals surface area contributed by atoms with Crippen LogP contribution < -0.4 is 14.8 Å². The maximum atomic E-state index is 12.1. The minimum absolute atomic E-state index is 0.0388. The zero-order chi connectivity index (χ0) is 18.4. The van der Waals surface area contributed by atoms with Gasteiger partial charge in [-0.2, -0.15) is 0 Å². The molecule has 1 amide bonds. The van der Waals surface area contributed by atoms with Gasteiger partial charge in [-0.25, -0.2) is 13.1 Å². The first-order valence-corrected chi connectivity index (χ1v) is 9.44. The van der Waals surface area contributed by atoms with Crippen molar-refractivity contribution in [2.45, 2.75) is 11.3 Å². The number of carbonyl (C=O) groups excluding carboxylic acids is 1. The highest BCUT2D eigenvalue weighted by Gasteiger charge is 2.15. The van der Waals surface area contributed by atoms with Gasteiger partial charge < -0.3 is 10.1 Å². The van der Waals surface area contributed by atoms with Crippen LogP contribution in [-0.4, -0.2) is 28.0 Å². The maximum Gasteiger partial charge on any atom is 0.240 e. The lowest BCUT2D eigenvalue weighted by Crippen LogP contribution is -2.27. The molecular weight excluding hydrogens is 387 g/mol. The molecule has 2 aromatic carbocycles. The fraction of sp³-hybridized carbons (Fsp3) is 0.188. The van der Waals surface area contributed by atoms with Crippen LogP contribution in [0.25, 0.3) is 0 Å². The van der Waals surface area contributed by atoms with Crippen LogP contribution in [0.1, 0.15) is 6.42 Å². The van der Waals surface area contributed by atoms with Crippen molar-refractivity contribution in [3.05, 3.63) is 52.5 Å². The highest BCUT2D eigenvalue weighted by molar-refractivity contribution is 7.89. The first-order chi connectivity index (χ1) is 11.8. The van der Waals surface area contributed by atoms with Crippen LogP contribution >= 0.6 is 23.2 Å². The van der Waals surface area contributed by atoms with Crippen molar-refractivity contribution in [1.29, 1.82) is 0 Å². The molecule has 0 aliphatic rings. The van der Waals surface area contributed by atoms with Crippen LogP contribution in [-0.2, 0) is 14.8 Å². The van der Waals surface area contributed by atoms with Crippen molar-refractivity contribution in [2.75, 3.05) is 19.0 Å². The van der Waals surface area contributed by atoms with E-state index in [0.29, 0.717) is 21.5 Å². The van der Waals surface area contributed by atoms with Gasteiger partial charge in [0.1, 0.15) is 5.75 Å². The molecule has 0 atom stereocenters. The van der Waals surface area contributed by atoms with Crippen molar-refractivity contribution < 1.29 is 17.9 Å². The molecule has 0 saturated heterocycles. The smallest absolute Gasteiger partial charge is 0.240 e. The van der Waals surface area contributed by atoms with Gasteiger partial charge in [-0.05, 0) is 36.4 Å². The van der Waals surface area contributed by atoms with Gasteiger partial charge in [-0.15, -0.1) is 0 Å². The van der Waals surface area contributed by atoms with Gasteiger partial charge >= 0.3 is 0 Å². The summed E-state index contributed by atoms with van der Waals surface area (Å²) >= 11 is 11.7. The van der Waals surface area contributed by atoms with Gasteiger partial charge in [0, 0.05) is 23.0 Å². The molecule has 0 spiro atoms. The summed E-state index contributed by atoms with van der Waals surface area (Å²) < 4.78 is 31.7. The Bertz CT molecular complexity index is 872. The number of hydrogen-bond acceptors (Lipinski definition) is 4. The Balaban J connectivity index is 1.93. The number of hydrogen-bond donors (Lipinski definition) is 2. The van der Waals surface area contributed by atoms with Crippen molar-refractivity contribution in [1.82, 2.24) is 4.72 Å². The first kappa shape index (κ1) is 19.5. The standard InChI is InChI=1S/C16H16Cl2N2O4S/c1-24-15-6-5-12(18)10-14(15)20-16(21)7-8-19-25(22,23)13-4-2-3-11(17)9-13/h2-6,9-10,19H,7-8H2,1H3,(H,20,21). The molecule has 0 saturated carbocycles. The lowest BCUT2D eigenvalue weighted by Gasteiger charge is -2.11. The van der Waals surface area contributed by atoms with Crippen LogP contribution in [0.4, 0.5) is 5.69 Å². The third-order valence-corrected chi connectivity index (χ3v) is 5.12. The summed E-state index contributed by atoms with van der Waals surface area (Å²) in [5.74, 6) is 0.0756. The lowest BCUT2D eigenvalue weighted by molar-refractivity contribution is -0.116. The number of ether oxygens (including phenoxy) is 1. The Labute approximate surface area is 156 Å². The van der Waals surface area contributed by atoms with E-state index in [-0.39, 0.29) is 23.8 Å². The summed E-state index contributed by atoms with van der Waals surface area (Å²) in [5.41, 5.74) is 0.415. The van der Waals surface area contributed by atoms with Gasteiger partial charge in [0.2, 0.25) is 15.9 Å². The number of methoxy groups -OCH3 is 1. The molecule has 2 rings (SSSR count). The third-order valence-electron chi connectivity index (χ3n) is 3.19. The average Bonchev–Trinajstić information content (AvgIpc) is 2.55. The number of halogens is 2. The van der Waals surface area contributed by atoms with E-state index >= 15 is 0 Å². The molecule has 0 unspecified atom stereocenters. The van der Waals surface area contributed by atoms with Gasteiger partial charge in [-0.1, -0.05) is 29.3 Å². The zero-order valence-electron chi connectivity index (χ0n) is 13.3. The van der Waals surface area contributed by atoms with E-state index in [1.54, 1.807) is 24.3 Å².